The molecule has 2 N–H and O–H groups in total. The minimum absolute atomic E-state index is 0.0456. The first-order chi connectivity index (χ1) is 16.1. The van der Waals surface area contributed by atoms with Crippen molar-refractivity contribution in [2.45, 2.75) is 12.7 Å². The topological polar surface area (TPSA) is 94.4 Å². The van der Waals surface area contributed by atoms with Gasteiger partial charge in [-0.1, -0.05) is 5.16 Å². The van der Waals surface area contributed by atoms with Gasteiger partial charge in [0.1, 0.15) is 25.2 Å². The molecule has 34 heavy (non-hydrogen) atoms. The molecule has 0 aliphatic carbocycles. The molecule has 3 aromatic rings. The summed E-state index contributed by atoms with van der Waals surface area (Å²) in [6.07, 6.45) is -1.17. The van der Waals surface area contributed by atoms with E-state index in [0.29, 0.717) is 22.3 Å². The fourth-order valence-corrected chi connectivity index (χ4v) is 3.21. The number of hydrogen-bond acceptors (Lipinski definition) is 5. The summed E-state index contributed by atoms with van der Waals surface area (Å²) in [5, 5.41) is 4.59. The number of hydrogen-bond donors (Lipinski definition) is 1. The number of benzene rings is 2. The number of nitrogens with two attached hydrogens (primary N) is 1. The second-order valence-corrected chi connectivity index (χ2v) is 7.60. The third kappa shape index (κ3) is 6.06. The third-order valence-corrected chi connectivity index (χ3v) is 4.73. The summed E-state index contributed by atoms with van der Waals surface area (Å²) < 4.78 is 45.6. The van der Waals surface area contributed by atoms with E-state index >= 15 is 0 Å². The van der Waals surface area contributed by atoms with Gasteiger partial charge < -0.3 is 24.8 Å². The number of nitrogens with zero attached hydrogens (tertiary/aromatic N) is 4. The first-order valence-electron chi connectivity index (χ1n) is 10.1. The number of carbonyl (C=O) groups excluding carboxylic acids is 1. The van der Waals surface area contributed by atoms with Gasteiger partial charge in [0, 0.05) is 31.2 Å². The van der Waals surface area contributed by atoms with E-state index in [2.05, 4.69) is 10.1 Å². The van der Waals surface area contributed by atoms with Crippen molar-refractivity contribution in [3.8, 4) is 5.75 Å². The maximum absolute atomic E-state index is 12.7. The van der Waals surface area contributed by atoms with E-state index in [1.54, 1.807) is 34.1 Å². The maximum Gasteiger partial charge on any atom is 0.416 e. The van der Waals surface area contributed by atoms with Crippen LogP contribution in [0.5, 0.6) is 5.75 Å². The molecule has 3 rings (SSSR count). The van der Waals surface area contributed by atoms with E-state index in [9.17, 15) is 18.0 Å². The summed E-state index contributed by atoms with van der Waals surface area (Å²) in [4.78, 5) is 23.1. The highest BCUT2D eigenvalue weighted by molar-refractivity contribution is 6.07. The Bertz CT molecular complexity index is 1220. The average molecular weight is 475 g/mol. The van der Waals surface area contributed by atoms with Crippen molar-refractivity contribution in [2.75, 3.05) is 27.8 Å². The number of amides is 1. The fourth-order valence-electron chi connectivity index (χ4n) is 3.21. The molecule has 1 amide bonds. The van der Waals surface area contributed by atoms with Crippen molar-refractivity contribution in [1.29, 1.82) is 0 Å². The number of primary amides is 1. The van der Waals surface area contributed by atoms with Crippen molar-refractivity contribution in [3.63, 3.8) is 0 Å². The summed E-state index contributed by atoms with van der Waals surface area (Å²) >= 11 is 0. The molecular weight excluding hydrogens is 451 g/mol. The molecule has 11 heteroatoms. The molecule has 0 aliphatic heterocycles. The summed E-state index contributed by atoms with van der Waals surface area (Å²) in [6, 6.07) is 9.73. The molecule has 0 bridgehead atoms. The third-order valence-electron chi connectivity index (χ3n) is 4.73. The summed E-state index contributed by atoms with van der Waals surface area (Å²) in [6.45, 7) is 0.147. The number of aromatic nitrogens is 1. The molecule has 0 fully saturated rings. The summed E-state index contributed by atoms with van der Waals surface area (Å²) in [5.74, 6) is -0.348. The molecule has 0 saturated heterocycles. The molecule has 0 atom stereocenters. The first-order valence-corrected chi connectivity index (χ1v) is 10.1. The second-order valence-electron chi connectivity index (χ2n) is 7.60. The van der Waals surface area contributed by atoms with Gasteiger partial charge >= 0.3 is 6.18 Å². The molecule has 0 aliphatic rings. The number of fused-ring (bicyclic) bond motifs is 1. The number of alkyl halides is 3. The smallest absolute Gasteiger partial charge is 0.416 e. The van der Waals surface area contributed by atoms with Gasteiger partial charge in [-0.2, -0.15) is 13.2 Å². The van der Waals surface area contributed by atoms with E-state index in [0.717, 1.165) is 17.6 Å². The fraction of sp³-hybridized carbons (Fsp3) is 0.261. The zero-order chi connectivity index (χ0) is 24.9. The van der Waals surface area contributed by atoms with Gasteiger partial charge in [0.05, 0.1) is 29.7 Å². The first kappa shape index (κ1) is 24.6. The number of ether oxygens (including phenoxy) is 1. The van der Waals surface area contributed by atoms with Gasteiger partial charge in [0.2, 0.25) is 0 Å². The lowest BCUT2D eigenvalue weighted by Gasteiger charge is -2.12. The van der Waals surface area contributed by atoms with Crippen LogP contribution in [0.1, 0.15) is 15.9 Å². The number of carbonyl (C=O) groups is 1. The van der Waals surface area contributed by atoms with Gasteiger partial charge in [0.25, 0.3) is 5.91 Å². The SMILES string of the molecule is CO/N=C(\COc1ccc(C(F)(F)F)cc1)Cn1cc(C(N)=O)c2cc(N=CN(C)C)ccc21. The van der Waals surface area contributed by atoms with Crippen LogP contribution in [0.15, 0.2) is 58.8 Å². The van der Waals surface area contributed by atoms with Crippen LogP contribution < -0.4 is 10.5 Å². The van der Waals surface area contributed by atoms with Gasteiger partial charge in [-0.05, 0) is 42.5 Å². The molecule has 2 aromatic carbocycles. The molecule has 180 valence electrons. The molecule has 1 heterocycles. The number of aliphatic imine (C=N–C) groups is 1. The normalized spacial score (nSPS) is 12.4. The minimum Gasteiger partial charge on any atom is -0.487 e. The Kier molecular flexibility index (Phi) is 7.44. The Morgan fingerprint density at radius 1 is 1.18 bits per heavy atom. The molecule has 0 saturated carbocycles. The van der Waals surface area contributed by atoms with Crippen LogP contribution in [0.3, 0.4) is 0 Å². The molecule has 8 nitrogen and oxygen atoms in total. The minimum atomic E-state index is -4.42. The largest absolute Gasteiger partial charge is 0.487 e. The molecule has 0 radical (unpaired) electrons. The van der Waals surface area contributed by atoms with Crippen LogP contribution in [0.2, 0.25) is 0 Å². The van der Waals surface area contributed by atoms with Crippen LogP contribution in [-0.2, 0) is 17.6 Å². The van der Waals surface area contributed by atoms with Gasteiger partial charge in [-0.3, -0.25) is 4.79 Å². The summed E-state index contributed by atoms with van der Waals surface area (Å²) in [5.41, 5.74) is 6.93. The number of rotatable bonds is 9. The molecular formula is C23H24F3N5O3. The van der Waals surface area contributed by atoms with Crippen molar-refractivity contribution >= 4 is 34.5 Å². The molecule has 1 aromatic heterocycles. The van der Waals surface area contributed by atoms with E-state index in [1.165, 1.54) is 19.2 Å². The Balaban J connectivity index is 1.83. The van der Waals surface area contributed by atoms with Crippen molar-refractivity contribution < 1.29 is 27.5 Å². The quantitative estimate of drug-likeness (QED) is 0.287. The van der Waals surface area contributed by atoms with Gasteiger partial charge in [-0.25, -0.2) is 4.99 Å². The lowest BCUT2D eigenvalue weighted by Crippen LogP contribution is -2.18. The van der Waals surface area contributed by atoms with E-state index in [-0.39, 0.29) is 18.9 Å². The average Bonchev–Trinajstić information content (AvgIpc) is 3.14. The maximum atomic E-state index is 12.7. The Morgan fingerprint density at radius 3 is 2.47 bits per heavy atom. The number of halogens is 3. The predicted octanol–water partition coefficient (Wildman–Crippen LogP) is 4.06. The second kappa shape index (κ2) is 10.3. The van der Waals surface area contributed by atoms with Crippen LogP contribution >= 0.6 is 0 Å². The molecule has 0 spiro atoms. The van der Waals surface area contributed by atoms with Crippen LogP contribution in [0.4, 0.5) is 18.9 Å². The van der Waals surface area contributed by atoms with E-state index in [4.69, 9.17) is 15.3 Å². The monoisotopic (exact) mass is 475 g/mol. The van der Waals surface area contributed by atoms with Crippen molar-refractivity contribution in [2.24, 2.45) is 15.9 Å². The Morgan fingerprint density at radius 2 is 1.88 bits per heavy atom. The lowest BCUT2D eigenvalue weighted by atomic mass is 10.1. The van der Waals surface area contributed by atoms with Crippen molar-refractivity contribution in [3.05, 3.63) is 59.8 Å². The molecule has 0 unspecified atom stereocenters. The highest BCUT2D eigenvalue weighted by atomic mass is 19.4. The highest BCUT2D eigenvalue weighted by Gasteiger charge is 2.30. The van der Waals surface area contributed by atoms with Gasteiger partial charge in [-0.15, -0.1) is 0 Å². The Hall–Kier alpha value is -4.02. The zero-order valence-corrected chi connectivity index (χ0v) is 18.8. The summed E-state index contributed by atoms with van der Waals surface area (Å²) in [7, 11) is 5.06. The van der Waals surface area contributed by atoms with Crippen molar-refractivity contribution in [1.82, 2.24) is 9.47 Å². The number of oxime groups is 1. The predicted molar refractivity (Wildman–Crippen MR) is 124 cm³/mol. The van der Waals surface area contributed by atoms with Crippen LogP contribution in [-0.4, -0.2) is 55.2 Å². The van der Waals surface area contributed by atoms with Crippen LogP contribution in [0.25, 0.3) is 10.9 Å². The van der Waals surface area contributed by atoms with E-state index < -0.39 is 17.6 Å². The highest BCUT2D eigenvalue weighted by Crippen LogP contribution is 2.30. The standard InChI is InChI=1S/C23H24F3N5O3/c1-30(2)14-28-16-6-9-21-19(10-16)20(22(27)32)12-31(21)11-17(29-33-3)13-34-18-7-4-15(5-8-18)23(24,25)26/h4-10,12,14H,11,13H2,1-3H3,(H2,27,32)/b28-14?,29-17-. The van der Waals surface area contributed by atoms with E-state index in [1.807, 2.05) is 20.2 Å². The van der Waals surface area contributed by atoms with Crippen LogP contribution in [0, 0.1) is 0 Å². The lowest BCUT2D eigenvalue weighted by molar-refractivity contribution is -0.137. The van der Waals surface area contributed by atoms with Gasteiger partial charge in [0.15, 0.2) is 0 Å². The Labute approximate surface area is 194 Å². The zero-order valence-electron chi connectivity index (χ0n) is 18.8.